The molecule has 1 aromatic heterocycles. The molecule has 1 N–H and O–H groups in total. The number of methoxy groups -OCH3 is 2. The van der Waals surface area contributed by atoms with Crippen LogP contribution < -0.4 is 14.8 Å². The fourth-order valence-electron chi connectivity index (χ4n) is 2.01. The highest BCUT2D eigenvalue weighted by Gasteiger charge is 2.04. The van der Waals surface area contributed by atoms with Gasteiger partial charge in [0, 0.05) is 25.5 Å². The van der Waals surface area contributed by atoms with E-state index < -0.39 is 0 Å². The Morgan fingerprint density at radius 2 is 1.85 bits per heavy atom. The van der Waals surface area contributed by atoms with Crippen molar-refractivity contribution in [1.82, 2.24) is 10.3 Å². The van der Waals surface area contributed by atoms with Crippen LogP contribution in [0.15, 0.2) is 36.7 Å². The third kappa shape index (κ3) is 3.48. The number of hydrogen-bond donors (Lipinski definition) is 1. The molecule has 0 saturated carbocycles. The van der Waals surface area contributed by atoms with Gasteiger partial charge in [0.25, 0.3) is 0 Å². The van der Waals surface area contributed by atoms with Gasteiger partial charge in [-0.1, -0.05) is 6.07 Å². The van der Waals surface area contributed by atoms with Crippen molar-refractivity contribution < 1.29 is 9.47 Å². The molecule has 0 unspecified atom stereocenters. The van der Waals surface area contributed by atoms with Gasteiger partial charge in [0.1, 0.15) is 0 Å². The number of hydrogen-bond acceptors (Lipinski definition) is 4. The van der Waals surface area contributed by atoms with E-state index in [4.69, 9.17) is 9.47 Å². The van der Waals surface area contributed by atoms with Crippen LogP contribution in [0.2, 0.25) is 0 Å². The first-order valence-electron chi connectivity index (χ1n) is 6.55. The van der Waals surface area contributed by atoms with Crippen molar-refractivity contribution in [3.63, 3.8) is 0 Å². The number of benzene rings is 1. The lowest BCUT2D eigenvalue weighted by Gasteiger charge is -2.11. The van der Waals surface area contributed by atoms with E-state index in [2.05, 4.69) is 17.2 Å². The molecule has 4 heteroatoms. The van der Waals surface area contributed by atoms with Gasteiger partial charge >= 0.3 is 0 Å². The quantitative estimate of drug-likeness (QED) is 0.878. The van der Waals surface area contributed by atoms with Gasteiger partial charge < -0.3 is 14.8 Å². The summed E-state index contributed by atoms with van der Waals surface area (Å²) < 4.78 is 10.5. The molecule has 0 aliphatic heterocycles. The van der Waals surface area contributed by atoms with Crippen LogP contribution in [0.5, 0.6) is 11.5 Å². The van der Waals surface area contributed by atoms with Gasteiger partial charge in [0.05, 0.1) is 14.2 Å². The number of rotatable bonds is 6. The van der Waals surface area contributed by atoms with Gasteiger partial charge in [0.2, 0.25) is 0 Å². The number of aryl methyl sites for hydroxylation is 1. The zero-order valence-electron chi connectivity index (χ0n) is 12.1. The normalized spacial score (nSPS) is 10.3. The van der Waals surface area contributed by atoms with Crippen LogP contribution in [-0.2, 0) is 13.1 Å². The third-order valence-electron chi connectivity index (χ3n) is 3.24. The van der Waals surface area contributed by atoms with E-state index in [1.165, 1.54) is 11.1 Å². The fraction of sp³-hybridized carbons (Fsp3) is 0.312. The topological polar surface area (TPSA) is 43.4 Å². The summed E-state index contributed by atoms with van der Waals surface area (Å²) in [5.74, 6) is 1.50. The first-order valence-corrected chi connectivity index (χ1v) is 6.55. The van der Waals surface area contributed by atoms with E-state index >= 15 is 0 Å². The van der Waals surface area contributed by atoms with Gasteiger partial charge in [0.15, 0.2) is 11.5 Å². The summed E-state index contributed by atoms with van der Waals surface area (Å²) in [6, 6.07) is 7.96. The second-order valence-electron chi connectivity index (χ2n) is 4.60. The average molecular weight is 272 g/mol. The van der Waals surface area contributed by atoms with E-state index in [9.17, 15) is 0 Å². The molecule has 2 rings (SSSR count). The Kier molecular flexibility index (Phi) is 4.96. The number of nitrogens with one attached hydrogen (secondary N) is 1. The summed E-state index contributed by atoms with van der Waals surface area (Å²) in [5.41, 5.74) is 3.62. The average Bonchev–Trinajstić information content (AvgIpc) is 2.49. The van der Waals surface area contributed by atoms with Crippen LogP contribution in [0.1, 0.15) is 16.7 Å². The van der Waals surface area contributed by atoms with Gasteiger partial charge in [-0.05, 0) is 41.8 Å². The lowest BCUT2D eigenvalue weighted by molar-refractivity contribution is 0.354. The lowest BCUT2D eigenvalue weighted by Crippen LogP contribution is -2.13. The summed E-state index contributed by atoms with van der Waals surface area (Å²) in [6.07, 6.45) is 3.71. The van der Waals surface area contributed by atoms with Crippen LogP contribution in [0, 0.1) is 6.92 Å². The Hall–Kier alpha value is -2.07. The molecule has 106 valence electrons. The predicted molar refractivity (Wildman–Crippen MR) is 79.1 cm³/mol. The van der Waals surface area contributed by atoms with Crippen molar-refractivity contribution in [2.45, 2.75) is 20.0 Å². The second kappa shape index (κ2) is 6.91. The molecule has 0 aliphatic rings. The van der Waals surface area contributed by atoms with Gasteiger partial charge in [-0.3, -0.25) is 4.98 Å². The monoisotopic (exact) mass is 272 g/mol. The smallest absolute Gasteiger partial charge is 0.161 e. The molecular weight excluding hydrogens is 252 g/mol. The van der Waals surface area contributed by atoms with Crippen LogP contribution >= 0.6 is 0 Å². The van der Waals surface area contributed by atoms with E-state index in [1.54, 1.807) is 14.2 Å². The third-order valence-corrected chi connectivity index (χ3v) is 3.24. The van der Waals surface area contributed by atoms with Gasteiger partial charge in [-0.25, -0.2) is 0 Å². The van der Waals surface area contributed by atoms with E-state index in [0.717, 1.165) is 30.2 Å². The summed E-state index contributed by atoms with van der Waals surface area (Å²) in [7, 11) is 3.29. The maximum absolute atomic E-state index is 5.30. The number of aromatic nitrogens is 1. The number of nitrogens with zero attached hydrogens (tertiary/aromatic N) is 1. The van der Waals surface area contributed by atoms with Gasteiger partial charge in [-0.2, -0.15) is 0 Å². The standard InChI is InChI=1S/C16H20N2O2/c1-12-6-7-17-10-14(12)11-18-9-13-4-5-15(19-2)16(8-13)20-3/h4-8,10,18H,9,11H2,1-3H3. The van der Waals surface area contributed by atoms with Gasteiger partial charge in [-0.15, -0.1) is 0 Å². The summed E-state index contributed by atoms with van der Waals surface area (Å²) >= 11 is 0. The Morgan fingerprint density at radius 3 is 2.55 bits per heavy atom. The molecular formula is C16H20N2O2. The number of ether oxygens (including phenoxy) is 2. The zero-order chi connectivity index (χ0) is 14.4. The molecule has 4 nitrogen and oxygen atoms in total. The molecule has 1 aromatic carbocycles. The first-order chi connectivity index (χ1) is 9.74. The minimum absolute atomic E-state index is 0.749. The highest BCUT2D eigenvalue weighted by molar-refractivity contribution is 5.42. The second-order valence-corrected chi connectivity index (χ2v) is 4.60. The Labute approximate surface area is 119 Å². The summed E-state index contributed by atoms with van der Waals surface area (Å²) in [6.45, 7) is 3.66. The van der Waals surface area contributed by atoms with E-state index in [-0.39, 0.29) is 0 Å². The van der Waals surface area contributed by atoms with Crippen molar-refractivity contribution in [3.05, 3.63) is 53.3 Å². The summed E-state index contributed by atoms with van der Waals surface area (Å²) in [5, 5.41) is 3.41. The Balaban J connectivity index is 1.96. The maximum atomic E-state index is 5.30. The Morgan fingerprint density at radius 1 is 1.05 bits per heavy atom. The highest BCUT2D eigenvalue weighted by atomic mass is 16.5. The summed E-state index contributed by atoms with van der Waals surface area (Å²) in [4.78, 5) is 4.14. The molecule has 0 atom stereocenters. The molecule has 0 saturated heterocycles. The molecule has 0 fully saturated rings. The molecule has 0 spiro atoms. The van der Waals surface area contributed by atoms with Crippen molar-refractivity contribution >= 4 is 0 Å². The molecule has 0 amide bonds. The largest absolute Gasteiger partial charge is 0.493 e. The first kappa shape index (κ1) is 14.3. The zero-order valence-corrected chi connectivity index (χ0v) is 12.1. The molecule has 20 heavy (non-hydrogen) atoms. The van der Waals surface area contributed by atoms with Crippen LogP contribution in [0.4, 0.5) is 0 Å². The molecule has 1 heterocycles. The predicted octanol–water partition coefficient (Wildman–Crippen LogP) is 2.70. The van der Waals surface area contributed by atoms with Crippen LogP contribution in [0.25, 0.3) is 0 Å². The van der Waals surface area contributed by atoms with Crippen LogP contribution in [0.3, 0.4) is 0 Å². The van der Waals surface area contributed by atoms with Crippen molar-refractivity contribution in [2.24, 2.45) is 0 Å². The van der Waals surface area contributed by atoms with E-state index in [0.29, 0.717) is 0 Å². The molecule has 0 bridgehead atoms. The minimum atomic E-state index is 0.749. The maximum Gasteiger partial charge on any atom is 0.161 e. The number of pyridine rings is 1. The Bertz CT molecular complexity index is 570. The lowest BCUT2D eigenvalue weighted by atomic mass is 10.1. The van der Waals surface area contributed by atoms with E-state index in [1.807, 2.05) is 36.7 Å². The van der Waals surface area contributed by atoms with Crippen molar-refractivity contribution in [3.8, 4) is 11.5 Å². The van der Waals surface area contributed by atoms with Crippen molar-refractivity contribution in [2.75, 3.05) is 14.2 Å². The molecule has 0 aliphatic carbocycles. The SMILES string of the molecule is COc1ccc(CNCc2cnccc2C)cc1OC. The highest BCUT2D eigenvalue weighted by Crippen LogP contribution is 2.27. The van der Waals surface area contributed by atoms with Crippen LogP contribution in [-0.4, -0.2) is 19.2 Å². The minimum Gasteiger partial charge on any atom is -0.493 e. The fourth-order valence-corrected chi connectivity index (χ4v) is 2.01. The van der Waals surface area contributed by atoms with Crippen molar-refractivity contribution in [1.29, 1.82) is 0 Å². The molecule has 0 radical (unpaired) electrons. The molecule has 2 aromatic rings.